The van der Waals surface area contributed by atoms with E-state index in [1.165, 1.54) is 27.8 Å². The minimum absolute atomic E-state index is 0.0206. The molecule has 2 unspecified atom stereocenters. The van der Waals surface area contributed by atoms with Gasteiger partial charge < -0.3 is 19.5 Å². The highest BCUT2D eigenvalue weighted by atomic mass is 32.2. The smallest absolute Gasteiger partial charge is 0.303 e. The molecular formula is C24H28N2O5S2. The molecule has 1 amide bonds. The Labute approximate surface area is 203 Å². The summed E-state index contributed by atoms with van der Waals surface area (Å²) >= 11 is 6.67. The van der Waals surface area contributed by atoms with Gasteiger partial charge in [0.25, 0.3) is 5.91 Å². The molecule has 1 aromatic carbocycles. The molecule has 3 aliphatic heterocycles. The van der Waals surface area contributed by atoms with E-state index >= 15 is 0 Å². The molecule has 33 heavy (non-hydrogen) atoms. The van der Waals surface area contributed by atoms with Crippen molar-refractivity contribution in [2.24, 2.45) is 5.92 Å². The Morgan fingerprint density at radius 1 is 1.30 bits per heavy atom. The van der Waals surface area contributed by atoms with Crippen molar-refractivity contribution in [3.8, 4) is 11.5 Å². The molecule has 0 aliphatic carbocycles. The minimum atomic E-state index is -0.870. The molecule has 0 spiro atoms. The summed E-state index contributed by atoms with van der Waals surface area (Å²) in [6.45, 7) is 3.41. The van der Waals surface area contributed by atoms with Crippen molar-refractivity contribution in [1.82, 2.24) is 9.80 Å². The Hall–Kier alpha value is -2.52. The van der Waals surface area contributed by atoms with Crippen LogP contribution in [0.4, 0.5) is 0 Å². The van der Waals surface area contributed by atoms with Crippen LogP contribution in [-0.2, 0) is 16.0 Å². The van der Waals surface area contributed by atoms with Crippen molar-refractivity contribution < 1.29 is 24.2 Å². The van der Waals surface area contributed by atoms with Crippen LogP contribution in [0.3, 0.4) is 0 Å². The number of amides is 1. The minimum Gasteiger partial charge on any atom is -0.493 e. The number of methoxy groups -OCH3 is 2. The lowest BCUT2D eigenvalue weighted by atomic mass is 9.82. The third-order valence-electron chi connectivity index (χ3n) is 6.45. The van der Waals surface area contributed by atoms with Crippen LogP contribution in [0.1, 0.15) is 43.4 Å². The number of carboxylic acid groups (broad SMARTS) is 1. The van der Waals surface area contributed by atoms with Gasteiger partial charge in [-0.2, -0.15) is 0 Å². The second-order valence-electron chi connectivity index (χ2n) is 8.51. The molecule has 176 valence electrons. The van der Waals surface area contributed by atoms with Gasteiger partial charge in [-0.15, -0.1) is 0 Å². The zero-order chi connectivity index (χ0) is 23.7. The normalized spacial score (nSPS) is 23.4. The first-order valence-electron chi connectivity index (χ1n) is 11.0. The van der Waals surface area contributed by atoms with Crippen molar-refractivity contribution in [1.29, 1.82) is 0 Å². The summed E-state index contributed by atoms with van der Waals surface area (Å²) in [4.78, 5) is 28.1. The average Bonchev–Trinajstić information content (AvgIpc) is 3.05. The molecule has 9 heteroatoms. The van der Waals surface area contributed by atoms with Gasteiger partial charge >= 0.3 is 5.97 Å². The largest absolute Gasteiger partial charge is 0.493 e. The van der Waals surface area contributed by atoms with Crippen molar-refractivity contribution in [3.05, 3.63) is 46.0 Å². The number of benzene rings is 1. The molecule has 2 atom stereocenters. The van der Waals surface area contributed by atoms with E-state index in [1.807, 2.05) is 6.08 Å². The van der Waals surface area contributed by atoms with E-state index in [9.17, 15) is 9.59 Å². The summed E-state index contributed by atoms with van der Waals surface area (Å²) in [7, 11) is 3.32. The van der Waals surface area contributed by atoms with E-state index in [1.54, 1.807) is 14.2 Å². The molecule has 0 bridgehead atoms. The molecule has 1 aromatic rings. The first-order valence-corrected chi connectivity index (χ1v) is 12.2. The number of ether oxygens (including phenoxy) is 2. The Kier molecular flexibility index (Phi) is 6.99. The van der Waals surface area contributed by atoms with E-state index in [-0.39, 0.29) is 24.3 Å². The van der Waals surface area contributed by atoms with Gasteiger partial charge in [-0.3, -0.25) is 14.5 Å². The van der Waals surface area contributed by atoms with Gasteiger partial charge in [0.05, 0.1) is 25.2 Å². The van der Waals surface area contributed by atoms with Crippen molar-refractivity contribution in [2.45, 2.75) is 38.6 Å². The maximum atomic E-state index is 12.9. The van der Waals surface area contributed by atoms with Crippen LogP contribution in [0, 0.1) is 5.92 Å². The summed E-state index contributed by atoms with van der Waals surface area (Å²) < 4.78 is 11.5. The molecule has 0 radical (unpaired) electrons. The molecule has 1 N–H and O–H groups in total. The molecule has 0 aromatic heterocycles. The number of thiocarbonyl (C=S) groups is 1. The fourth-order valence-corrected chi connectivity index (χ4v) is 5.97. The van der Waals surface area contributed by atoms with Crippen molar-refractivity contribution in [3.63, 3.8) is 0 Å². The highest BCUT2D eigenvalue weighted by Gasteiger charge is 2.35. The first kappa shape index (κ1) is 23.6. The fourth-order valence-electron chi connectivity index (χ4n) is 4.67. The summed E-state index contributed by atoms with van der Waals surface area (Å²) in [6.07, 6.45) is 6.39. The molecule has 3 aliphatic rings. The SMILES string of the molecule is COc1cc2c(cc1OC)C1CC(C)C(/C=C3\SC(=S)N(CCCC(=O)O)C3=O)=CN1CC2. The third-order valence-corrected chi connectivity index (χ3v) is 7.83. The third kappa shape index (κ3) is 4.75. The highest BCUT2D eigenvalue weighted by Crippen LogP contribution is 2.45. The van der Waals surface area contributed by atoms with Crippen molar-refractivity contribution >= 4 is 40.2 Å². The maximum Gasteiger partial charge on any atom is 0.303 e. The number of aliphatic carboxylic acids is 1. The van der Waals surface area contributed by atoms with E-state index in [2.05, 4.69) is 30.2 Å². The summed E-state index contributed by atoms with van der Waals surface area (Å²) in [5, 5.41) is 8.85. The van der Waals surface area contributed by atoms with Crippen LogP contribution < -0.4 is 9.47 Å². The topological polar surface area (TPSA) is 79.3 Å². The standard InChI is InChI=1S/C24H28N2O5S2/c1-14-9-18-17-12-20(31-3)19(30-2)10-15(17)6-8-25(18)13-16(14)11-21-23(29)26(24(32)33-21)7-4-5-22(27)28/h10-14,18H,4-9H2,1-3H3,(H,27,28)/b21-11-. The van der Waals surface area contributed by atoms with Crippen LogP contribution in [-0.4, -0.2) is 58.4 Å². The number of thioether (sulfide) groups is 1. The number of nitrogens with zero attached hydrogens (tertiary/aromatic N) is 2. The van der Waals surface area contributed by atoms with E-state index in [0.29, 0.717) is 22.2 Å². The van der Waals surface area contributed by atoms with E-state index < -0.39 is 5.97 Å². The zero-order valence-electron chi connectivity index (χ0n) is 19.0. The quantitative estimate of drug-likeness (QED) is 0.453. The van der Waals surface area contributed by atoms with Crippen LogP contribution >= 0.6 is 24.0 Å². The molecule has 1 fully saturated rings. The number of hydrogen-bond donors (Lipinski definition) is 1. The van der Waals surface area contributed by atoms with Gasteiger partial charge in [0.1, 0.15) is 4.32 Å². The first-order chi connectivity index (χ1) is 15.8. The lowest BCUT2D eigenvalue weighted by Gasteiger charge is -2.42. The molecule has 7 nitrogen and oxygen atoms in total. The van der Waals surface area contributed by atoms with Crippen molar-refractivity contribution in [2.75, 3.05) is 27.3 Å². The van der Waals surface area contributed by atoms with Crippen LogP contribution in [0.25, 0.3) is 0 Å². The number of hydrogen-bond acceptors (Lipinski definition) is 7. The lowest BCUT2D eigenvalue weighted by molar-refractivity contribution is -0.137. The summed E-state index contributed by atoms with van der Waals surface area (Å²) in [5.74, 6) is 0.764. The van der Waals surface area contributed by atoms with E-state index in [0.717, 1.165) is 36.5 Å². The number of allylic oxidation sites excluding steroid dienone is 2. The summed E-state index contributed by atoms with van der Waals surface area (Å²) in [5.41, 5.74) is 3.67. The van der Waals surface area contributed by atoms with Crippen LogP contribution in [0.15, 0.2) is 34.9 Å². The maximum absolute atomic E-state index is 12.9. The molecule has 4 rings (SSSR count). The van der Waals surface area contributed by atoms with Gasteiger partial charge in [-0.1, -0.05) is 30.9 Å². The van der Waals surface area contributed by atoms with Gasteiger partial charge in [0.2, 0.25) is 0 Å². The average molecular weight is 489 g/mol. The zero-order valence-corrected chi connectivity index (χ0v) is 20.6. The Balaban J connectivity index is 1.55. The predicted molar refractivity (Wildman–Crippen MR) is 131 cm³/mol. The number of carbonyl (C=O) groups is 2. The molecular weight excluding hydrogens is 460 g/mol. The Morgan fingerprint density at radius 2 is 2.03 bits per heavy atom. The number of carbonyl (C=O) groups excluding carboxylic acids is 1. The van der Waals surface area contributed by atoms with Gasteiger partial charge in [0, 0.05) is 25.7 Å². The van der Waals surface area contributed by atoms with Gasteiger partial charge in [0.15, 0.2) is 11.5 Å². The number of rotatable bonds is 7. The highest BCUT2D eigenvalue weighted by molar-refractivity contribution is 8.26. The van der Waals surface area contributed by atoms with Gasteiger partial charge in [-0.25, -0.2) is 0 Å². The second kappa shape index (κ2) is 9.77. The van der Waals surface area contributed by atoms with Crippen LogP contribution in [0.2, 0.25) is 0 Å². The monoisotopic (exact) mass is 488 g/mol. The molecule has 1 saturated heterocycles. The molecule has 0 saturated carbocycles. The van der Waals surface area contributed by atoms with E-state index in [4.69, 9.17) is 26.8 Å². The molecule has 3 heterocycles. The van der Waals surface area contributed by atoms with Gasteiger partial charge in [-0.05, 0) is 60.1 Å². The Morgan fingerprint density at radius 3 is 2.73 bits per heavy atom. The lowest BCUT2D eigenvalue weighted by Crippen LogP contribution is -2.36. The summed E-state index contributed by atoms with van der Waals surface area (Å²) in [6, 6.07) is 4.44. The Bertz CT molecular complexity index is 1050. The number of carboxylic acids is 1. The van der Waals surface area contributed by atoms with Crippen LogP contribution in [0.5, 0.6) is 11.5 Å². The second-order valence-corrected chi connectivity index (χ2v) is 10.2. The number of fused-ring (bicyclic) bond motifs is 3. The predicted octanol–water partition coefficient (Wildman–Crippen LogP) is 4.14. The fraction of sp³-hybridized carbons (Fsp3) is 0.458.